The molecule has 13 heteroatoms. The minimum absolute atomic E-state index is 0. The normalized spacial score (nSPS) is 28.9. The zero-order chi connectivity index (χ0) is 39.0. The van der Waals surface area contributed by atoms with E-state index in [0.717, 1.165) is 79.9 Å². The Bertz CT molecular complexity index is 1960. The number of carbonyl (C=O) groups excluding carboxylic acids is 1. The van der Waals surface area contributed by atoms with Gasteiger partial charge in [-0.25, -0.2) is 15.0 Å². The first-order valence-electron chi connectivity index (χ1n) is 18.9. The maximum atomic E-state index is 13.5. The molecule has 0 spiro atoms. The van der Waals surface area contributed by atoms with Crippen molar-refractivity contribution < 1.29 is 49.4 Å². The first-order chi connectivity index (χ1) is 25.8. The Morgan fingerprint density at radius 3 is 2.31 bits per heavy atom. The number of thioether (sulfide) groups is 1. The van der Waals surface area contributed by atoms with Gasteiger partial charge in [0.15, 0.2) is 0 Å². The second kappa shape index (κ2) is 18.0. The molecule has 290 valence electrons. The third kappa shape index (κ3) is 8.59. The molecule has 0 radical (unpaired) electrons. The number of allylic oxidation sites excluding steroid dienone is 11. The number of rotatable bonds is 11. The van der Waals surface area contributed by atoms with Crippen molar-refractivity contribution in [2.24, 2.45) is 31.8 Å². The van der Waals surface area contributed by atoms with E-state index in [1.54, 1.807) is 11.9 Å². The molecule has 0 aromatic rings. The molecule has 6 aliphatic heterocycles. The third-order valence-corrected chi connectivity index (χ3v) is 12.6. The van der Waals surface area contributed by atoms with Crippen LogP contribution in [-0.4, -0.2) is 110 Å². The molecule has 6 rings (SSSR count). The van der Waals surface area contributed by atoms with Gasteiger partial charge in [-0.15, -0.1) is 11.8 Å². The van der Waals surface area contributed by atoms with Gasteiger partial charge in [0.05, 0.1) is 40.8 Å². The molecule has 0 unspecified atom stereocenters. The van der Waals surface area contributed by atoms with Gasteiger partial charge in [0.2, 0.25) is 5.91 Å². The Kier molecular flexibility index (Phi) is 14.0. The minimum Gasteiger partial charge on any atom is -0.394 e. The molecule has 4 N–H and O–H groups in total. The number of hydrogen-bond donors (Lipinski definition) is 4. The summed E-state index contributed by atoms with van der Waals surface area (Å²) in [6.07, 6.45) is 7.64. The van der Waals surface area contributed by atoms with E-state index >= 15 is 0 Å². The van der Waals surface area contributed by atoms with Gasteiger partial charge in [0.1, 0.15) is 29.9 Å². The third-order valence-electron chi connectivity index (χ3n) is 11.4. The van der Waals surface area contributed by atoms with Crippen LogP contribution in [0.15, 0.2) is 113 Å². The molecule has 8 bridgehead atoms. The van der Waals surface area contributed by atoms with Crippen LogP contribution in [0.4, 0.5) is 0 Å². The van der Waals surface area contributed by atoms with Crippen LogP contribution < -0.4 is 0 Å². The summed E-state index contributed by atoms with van der Waals surface area (Å²) < 4.78 is 5.60. The fourth-order valence-corrected chi connectivity index (χ4v) is 8.93. The quantitative estimate of drug-likeness (QED) is 0.162. The fourth-order valence-electron chi connectivity index (χ4n) is 7.82. The fraction of sp³-hybridized carbons (Fsp3) is 0.500. The standard InChI is InChI=1S/C42H53N5O6S.Zn/c1-9-26-23(5)32-19-35-27(10-2)22(4)31(44-35)18-33-24(6)28(38(46-33)25(7)30-16-21(3)29(43-30)17-34(26)45-32)12-13-37(49)47(8)14-11-15-54-42-41(52)40(51)39(50)36(20-48)53-42;/h10,16-19,24,28,36,39-42,48,50-52H,2,9,11-15,20H2,1,3-8H3;/t24-,28-,36+,39+,40-,41+,42-;/m0./s1. The molecule has 6 heterocycles. The molecule has 1 saturated heterocycles. The predicted molar refractivity (Wildman–Crippen MR) is 217 cm³/mol. The molecule has 55 heavy (non-hydrogen) atoms. The summed E-state index contributed by atoms with van der Waals surface area (Å²) in [7, 11) is 1.80. The molecule has 0 aliphatic carbocycles. The minimum atomic E-state index is -1.40. The first kappa shape index (κ1) is 43.0. The van der Waals surface area contributed by atoms with Crippen molar-refractivity contribution in [3.05, 3.63) is 93.2 Å². The van der Waals surface area contributed by atoms with Crippen LogP contribution in [-0.2, 0) is 29.0 Å². The summed E-state index contributed by atoms with van der Waals surface area (Å²) in [5.74, 6) is 0.600. The van der Waals surface area contributed by atoms with Crippen molar-refractivity contribution in [2.75, 3.05) is 26.0 Å². The summed E-state index contributed by atoms with van der Waals surface area (Å²) in [5.41, 5.74) is 12.7. The van der Waals surface area contributed by atoms with Crippen LogP contribution in [0.5, 0.6) is 0 Å². The van der Waals surface area contributed by atoms with E-state index in [4.69, 9.17) is 24.7 Å². The van der Waals surface area contributed by atoms with Gasteiger partial charge in [-0.1, -0.05) is 26.5 Å². The molecule has 1 amide bonds. The van der Waals surface area contributed by atoms with E-state index in [1.807, 2.05) is 6.08 Å². The number of ether oxygens (including phenoxy) is 1. The maximum absolute atomic E-state index is 13.5. The summed E-state index contributed by atoms with van der Waals surface area (Å²) in [5, 5.41) is 40.0. The predicted octanol–water partition coefficient (Wildman–Crippen LogP) is 5.33. The Labute approximate surface area is 341 Å². The van der Waals surface area contributed by atoms with Crippen LogP contribution in [0.3, 0.4) is 0 Å². The van der Waals surface area contributed by atoms with E-state index in [9.17, 15) is 25.2 Å². The van der Waals surface area contributed by atoms with Crippen molar-refractivity contribution in [1.29, 1.82) is 0 Å². The number of hydrogen-bond acceptors (Lipinski definition) is 11. The maximum Gasteiger partial charge on any atom is 0.222 e. The van der Waals surface area contributed by atoms with Crippen LogP contribution in [0, 0.1) is 11.8 Å². The number of carbonyl (C=O) groups is 1. The second-order valence-corrected chi connectivity index (χ2v) is 16.0. The van der Waals surface area contributed by atoms with E-state index < -0.39 is 36.5 Å². The Hall–Kier alpha value is -3.16. The summed E-state index contributed by atoms with van der Waals surface area (Å²) >= 11 is 1.29. The first-order valence-corrected chi connectivity index (χ1v) is 19.9. The van der Waals surface area contributed by atoms with E-state index in [1.165, 1.54) is 17.3 Å². The van der Waals surface area contributed by atoms with E-state index in [0.29, 0.717) is 31.6 Å². The van der Waals surface area contributed by atoms with Gasteiger partial charge in [-0.3, -0.25) is 9.79 Å². The van der Waals surface area contributed by atoms with Gasteiger partial charge >= 0.3 is 0 Å². The number of aliphatic hydroxyl groups is 4. The second-order valence-electron chi connectivity index (χ2n) is 14.8. The number of aliphatic imine (C=N–C) groups is 4. The average Bonchev–Trinajstić information content (AvgIpc) is 3.86. The van der Waals surface area contributed by atoms with Crippen LogP contribution in [0.25, 0.3) is 0 Å². The molecule has 0 aromatic carbocycles. The van der Waals surface area contributed by atoms with E-state index in [-0.39, 0.29) is 37.2 Å². The molecule has 7 atom stereocenters. The Morgan fingerprint density at radius 2 is 1.62 bits per heavy atom. The molecule has 1 fully saturated rings. The van der Waals surface area contributed by atoms with Gasteiger partial charge in [-0.05, 0) is 105 Å². The number of fused-ring (bicyclic) bond motifs is 4. The molecule has 11 nitrogen and oxygen atoms in total. The summed E-state index contributed by atoms with van der Waals surface area (Å²) in [6.45, 7) is 16.8. The van der Waals surface area contributed by atoms with Gasteiger partial charge in [-0.2, -0.15) is 0 Å². The van der Waals surface area contributed by atoms with Crippen molar-refractivity contribution in [2.45, 2.75) is 97.1 Å². The molecule has 0 aromatic heterocycles. The molecular formula is C42H53N5O6SZn. The zero-order valence-corrected chi connectivity index (χ0v) is 36.8. The number of aliphatic hydroxyl groups excluding tert-OH is 4. The summed E-state index contributed by atoms with van der Waals surface area (Å²) in [4.78, 5) is 35.7. The van der Waals surface area contributed by atoms with Crippen LogP contribution in [0.2, 0.25) is 0 Å². The summed E-state index contributed by atoms with van der Waals surface area (Å²) in [6, 6.07) is 0. The van der Waals surface area contributed by atoms with Crippen molar-refractivity contribution in [3.8, 4) is 0 Å². The van der Waals surface area contributed by atoms with Gasteiger partial charge in [0, 0.05) is 68.3 Å². The smallest absolute Gasteiger partial charge is 0.222 e. The van der Waals surface area contributed by atoms with Crippen molar-refractivity contribution in [1.82, 2.24) is 4.90 Å². The Morgan fingerprint density at radius 1 is 0.927 bits per heavy atom. The van der Waals surface area contributed by atoms with Gasteiger partial charge < -0.3 is 30.1 Å². The van der Waals surface area contributed by atoms with Crippen molar-refractivity contribution >= 4 is 40.5 Å². The largest absolute Gasteiger partial charge is 0.394 e. The average molecular weight is 821 g/mol. The van der Waals surface area contributed by atoms with Crippen LogP contribution in [0.1, 0.15) is 67.2 Å². The topological polar surface area (TPSA) is 160 Å². The van der Waals surface area contributed by atoms with Crippen LogP contribution >= 0.6 is 11.8 Å². The van der Waals surface area contributed by atoms with Crippen molar-refractivity contribution in [3.63, 3.8) is 0 Å². The van der Waals surface area contributed by atoms with Gasteiger partial charge in [0.25, 0.3) is 0 Å². The molecule has 0 saturated carbocycles. The molecule has 6 aliphatic rings. The zero-order valence-electron chi connectivity index (χ0n) is 33.0. The number of amides is 1. The number of nitrogens with zero attached hydrogens (tertiary/aromatic N) is 5. The van der Waals surface area contributed by atoms with E-state index in [2.05, 4.69) is 72.4 Å². The Balaban J connectivity index is 0.00000580. The SMILES string of the molecule is C=CC1=C(C)C2=NC1=CC1=NC(=CC3=NC(=C(C)C4=NC(=C2)[C@@H](C)[C@@H]4CCC(=O)N(C)CCCS[C@@H]2O[C@H](CO)[C@@H](O)[C@H](O)[C@H]2O)C=C3C)C(CC)=C1C.[Zn]. The monoisotopic (exact) mass is 819 g/mol. The molecular weight excluding hydrogens is 768 g/mol.